The molecule has 2 N–H and O–H groups in total. The summed E-state index contributed by atoms with van der Waals surface area (Å²) >= 11 is 2.34. The molecule has 0 fully saturated rings. The van der Waals surface area contributed by atoms with E-state index < -0.39 is 0 Å². The number of hydrogen-bond acceptors (Lipinski definition) is 2. The topological polar surface area (TPSA) is 40.5 Å². The van der Waals surface area contributed by atoms with Gasteiger partial charge in [-0.05, 0) is 12.6 Å². The molecule has 0 aromatic heterocycles. The van der Waals surface area contributed by atoms with Crippen LogP contribution in [-0.4, -0.2) is 34.4 Å². The zero-order valence-electron chi connectivity index (χ0n) is 6.39. The first-order valence-corrected chi connectivity index (χ1v) is 6.45. The van der Waals surface area contributed by atoms with Crippen molar-refractivity contribution in [2.24, 2.45) is 0 Å². The van der Waals surface area contributed by atoms with Gasteiger partial charge in [0.05, 0.1) is 6.61 Å². The maximum atomic E-state index is 8.64. The fraction of sp³-hybridized carbons (Fsp3) is 0.667. The molecule has 2 nitrogen and oxygen atoms in total. The highest BCUT2D eigenvalue weighted by atomic mass is 127. The summed E-state index contributed by atoms with van der Waals surface area (Å²) in [4.78, 5) is 1.16. The van der Waals surface area contributed by atoms with E-state index in [1.54, 1.807) is 6.08 Å². The second kappa shape index (κ2) is 8.98. The van der Waals surface area contributed by atoms with Crippen LogP contribution in [0.1, 0.15) is 6.42 Å². The summed E-state index contributed by atoms with van der Waals surface area (Å²) < 4.78 is 0. The molecule has 0 spiro atoms. The van der Waals surface area contributed by atoms with Crippen LogP contribution >= 0.6 is 30.8 Å². The number of aliphatic hydroxyl groups excluding tert-OH is 2. The lowest BCUT2D eigenvalue weighted by atomic mass is 10.2. The van der Waals surface area contributed by atoms with Gasteiger partial charge in [-0.2, -0.15) is 0 Å². The largest absolute Gasteiger partial charge is 0.396 e. The lowest BCUT2D eigenvalue weighted by Crippen LogP contribution is -1.93. The quantitative estimate of drug-likeness (QED) is 0.326. The smallest absolute Gasteiger partial charge is 0.225 e. The second-order valence-corrected chi connectivity index (χ2v) is 5.49. The first-order chi connectivity index (χ1) is 5.35. The Labute approximate surface area is 83.3 Å². The molecular formula is C6H13BIO2P. The zero-order chi connectivity index (χ0) is 8.53. The number of halogens is 1. The molecule has 1 atom stereocenters. The minimum atomic E-state index is 0.0983. The van der Waals surface area contributed by atoms with E-state index in [0.717, 1.165) is 19.5 Å². The fourth-order valence-electron chi connectivity index (χ4n) is 0.743. The minimum absolute atomic E-state index is 0.0983. The third-order valence-electron chi connectivity index (χ3n) is 1.26. The summed E-state index contributed by atoms with van der Waals surface area (Å²) in [7, 11) is 0.911. The summed E-state index contributed by atoms with van der Waals surface area (Å²) in [6.07, 6.45) is 3.55. The summed E-state index contributed by atoms with van der Waals surface area (Å²) in [5.41, 5.74) is 1.19. The van der Waals surface area contributed by atoms with Crippen molar-refractivity contribution in [3.05, 3.63) is 11.6 Å². The molecule has 0 radical (unpaired) electrons. The van der Waals surface area contributed by atoms with Crippen molar-refractivity contribution in [1.29, 1.82) is 0 Å². The highest BCUT2D eigenvalue weighted by Crippen LogP contribution is 2.17. The molecule has 0 rings (SSSR count). The SMILES string of the molecule is OC/C=C(/CCO)CPBI. The van der Waals surface area contributed by atoms with Crippen LogP contribution in [-0.2, 0) is 0 Å². The Balaban J connectivity index is 3.60. The molecule has 0 heterocycles. The van der Waals surface area contributed by atoms with Gasteiger partial charge >= 0.3 is 0 Å². The van der Waals surface area contributed by atoms with Crippen LogP contribution in [0, 0.1) is 0 Å². The monoisotopic (exact) mass is 286 g/mol. The molecule has 0 amide bonds. The number of hydrogen-bond donors (Lipinski definition) is 2. The van der Waals surface area contributed by atoms with E-state index in [2.05, 4.69) is 22.4 Å². The van der Waals surface area contributed by atoms with Gasteiger partial charge in [-0.15, -0.1) is 30.8 Å². The summed E-state index contributed by atoms with van der Waals surface area (Å²) in [5.74, 6) is 0. The van der Waals surface area contributed by atoms with E-state index in [1.165, 1.54) is 5.57 Å². The highest BCUT2D eigenvalue weighted by Gasteiger charge is 1.95. The van der Waals surface area contributed by atoms with Gasteiger partial charge < -0.3 is 10.2 Å². The van der Waals surface area contributed by atoms with Gasteiger partial charge in [0.25, 0.3) is 0 Å². The van der Waals surface area contributed by atoms with E-state index in [1.807, 2.05) is 0 Å². The van der Waals surface area contributed by atoms with Gasteiger partial charge in [-0.1, -0.05) is 11.6 Å². The second-order valence-electron chi connectivity index (χ2n) is 2.08. The first kappa shape index (κ1) is 11.9. The predicted molar refractivity (Wildman–Crippen MR) is 61.2 cm³/mol. The summed E-state index contributed by atoms with van der Waals surface area (Å²) in [6, 6.07) is 0. The van der Waals surface area contributed by atoms with Crippen LogP contribution < -0.4 is 0 Å². The normalized spacial score (nSPS) is 12.8. The molecule has 0 aliphatic rings. The zero-order valence-corrected chi connectivity index (χ0v) is 9.54. The van der Waals surface area contributed by atoms with Gasteiger partial charge in [-0.25, -0.2) is 0 Å². The number of rotatable bonds is 6. The van der Waals surface area contributed by atoms with Gasteiger partial charge in [-0.3, -0.25) is 0 Å². The van der Waals surface area contributed by atoms with Crippen LogP contribution in [0.25, 0.3) is 0 Å². The molecule has 0 bridgehead atoms. The Morgan fingerprint density at radius 1 is 1.55 bits per heavy atom. The lowest BCUT2D eigenvalue weighted by Gasteiger charge is -2.02. The van der Waals surface area contributed by atoms with Crippen molar-refractivity contribution in [1.82, 2.24) is 0 Å². The maximum Gasteiger partial charge on any atom is 0.225 e. The van der Waals surface area contributed by atoms with E-state index in [-0.39, 0.29) is 13.2 Å². The highest BCUT2D eigenvalue weighted by molar-refractivity contribution is 14.1. The van der Waals surface area contributed by atoms with Crippen molar-refractivity contribution < 1.29 is 10.2 Å². The molecule has 0 aliphatic carbocycles. The van der Waals surface area contributed by atoms with E-state index in [9.17, 15) is 0 Å². The standard InChI is InChI=1S/C6H13BIO2P/c8-7-11-5-6(1-3-9)2-4-10/h1,7,9-11H,2-5H2/b6-1-. The Bertz CT molecular complexity index is 121. The van der Waals surface area contributed by atoms with Gasteiger partial charge in [0.2, 0.25) is 4.86 Å². The third-order valence-corrected chi connectivity index (χ3v) is 3.77. The lowest BCUT2D eigenvalue weighted by molar-refractivity contribution is 0.298. The van der Waals surface area contributed by atoms with Crippen LogP contribution in [0.2, 0.25) is 0 Å². The molecular weight excluding hydrogens is 273 g/mol. The van der Waals surface area contributed by atoms with E-state index >= 15 is 0 Å². The summed E-state index contributed by atoms with van der Waals surface area (Å²) in [6.45, 7) is 0.290. The Hall–Kier alpha value is 0.885. The number of aliphatic hydroxyl groups is 2. The molecule has 0 aromatic carbocycles. The first-order valence-electron chi connectivity index (χ1n) is 3.51. The molecule has 1 unspecified atom stereocenters. The van der Waals surface area contributed by atoms with Gasteiger partial charge in [0, 0.05) is 6.61 Å². The van der Waals surface area contributed by atoms with Crippen LogP contribution in [0.3, 0.4) is 0 Å². The van der Waals surface area contributed by atoms with Gasteiger partial charge in [0.1, 0.15) is 0 Å². The molecule has 11 heavy (non-hydrogen) atoms. The fourth-order valence-corrected chi connectivity index (χ4v) is 2.29. The molecule has 0 aromatic rings. The van der Waals surface area contributed by atoms with Crippen molar-refractivity contribution in [3.63, 3.8) is 0 Å². The molecule has 0 aliphatic heterocycles. The Kier molecular flexibility index (Phi) is 9.70. The minimum Gasteiger partial charge on any atom is -0.396 e. The van der Waals surface area contributed by atoms with Crippen molar-refractivity contribution in [2.75, 3.05) is 19.4 Å². The molecule has 5 heteroatoms. The van der Waals surface area contributed by atoms with Crippen molar-refractivity contribution in [3.8, 4) is 0 Å². The molecule has 64 valence electrons. The third kappa shape index (κ3) is 7.25. The van der Waals surface area contributed by atoms with E-state index in [0.29, 0.717) is 6.42 Å². The van der Waals surface area contributed by atoms with Crippen molar-refractivity contribution >= 4 is 35.7 Å². The molecule has 0 saturated carbocycles. The predicted octanol–water partition coefficient (Wildman–Crippen LogP) is 0.667. The van der Waals surface area contributed by atoms with Crippen LogP contribution in [0.5, 0.6) is 0 Å². The Morgan fingerprint density at radius 2 is 2.27 bits per heavy atom. The molecule has 0 saturated heterocycles. The van der Waals surface area contributed by atoms with Gasteiger partial charge in [0.15, 0.2) is 0 Å². The van der Waals surface area contributed by atoms with Crippen molar-refractivity contribution in [2.45, 2.75) is 6.42 Å². The average Bonchev–Trinajstić information content (AvgIpc) is 2.01. The maximum absolute atomic E-state index is 8.64. The van der Waals surface area contributed by atoms with Crippen LogP contribution in [0.4, 0.5) is 0 Å². The summed E-state index contributed by atoms with van der Waals surface area (Å²) in [5, 5.41) is 17.2. The Morgan fingerprint density at radius 3 is 2.73 bits per heavy atom. The van der Waals surface area contributed by atoms with E-state index in [4.69, 9.17) is 10.2 Å². The average molecular weight is 286 g/mol. The van der Waals surface area contributed by atoms with Crippen LogP contribution in [0.15, 0.2) is 11.6 Å².